The molecule has 2 atom stereocenters. The van der Waals surface area contributed by atoms with E-state index in [4.69, 9.17) is 0 Å². The minimum atomic E-state index is -0.800. The minimum absolute atomic E-state index is 0.0857. The lowest BCUT2D eigenvalue weighted by Crippen LogP contribution is -2.40. The molecule has 108 valence electrons. The summed E-state index contributed by atoms with van der Waals surface area (Å²) in [6.45, 7) is 6.08. The van der Waals surface area contributed by atoms with Crippen LogP contribution in [0.1, 0.15) is 52.4 Å². The van der Waals surface area contributed by atoms with E-state index in [1.807, 2.05) is 4.90 Å². The SMILES string of the molecule is CC1(C)CCCN(C(=O)C2CCCC2C(=O)O)CC1. The van der Waals surface area contributed by atoms with Crippen LogP contribution in [0.5, 0.6) is 0 Å². The molecule has 2 fully saturated rings. The number of hydrogen-bond donors (Lipinski definition) is 1. The number of rotatable bonds is 2. The number of carbonyl (C=O) groups excluding carboxylic acids is 1. The van der Waals surface area contributed by atoms with Gasteiger partial charge in [0.05, 0.1) is 11.8 Å². The molecule has 2 rings (SSSR count). The molecule has 4 heteroatoms. The van der Waals surface area contributed by atoms with Crippen molar-refractivity contribution in [2.45, 2.75) is 52.4 Å². The van der Waals surface area contributed by atoms with E-state index in [2.05, 4.69) is 13.8 Å². The van der Waals surface area contributed by atoms with Crippen LogP contribution in [-0.4, -0.2) is 35.0 Å². The third-order valence-electron chi connectivity index (χ3n) is 4.80. The second kappa shape index (κ2) is 5.51. The highest BCUT2D eigenvalue weighted by Gasteiger charge is 2.40. The number of carboxylic acid groups (broad SMARTS) is 1. The van der Waals surface area contributed by atoms with Crippen LogP contribution in [0.25, 0.3) is 0 Å². The lowest BCUT2D eigenvalue weighted by Gasteiger charge is -2.27. The maximum atomic E-state index is 12.5. The Morgan fingerprint density at radius 1 is 1.05 bits per heavy atom. The second-order valence-electron chi connectivity index (χ2n) is 6.83. The molecule has 1 aliphatic heterocycles. The highest BCUT2D eigenvalue weighted by atomic mass is 16.4. The zero-order valence-corrected chi connectivity index (χ0v) is 12.0. The lowest BCUT2D eigenvalue weighted by molar-refractivity contribution is -0.149. The van der Waals surface area contributed by atoms with Gasteiger partial charge in [-0.1, -0.05) is 20.3 Å². The van der Waals surface area contributed by atoms with E-state index in [1.54, 1.807) is 0 Å². The van der Waals surface area contributed by atoms with E-state index < -0.39 is 11.9 Å². The van der Waals surface area contributed by atoms with Gasteiger partial charge in [-0.2, -0.15) is 0 Å². The number of aliphatic carboxylic acids is 1. The first-order valence-electron chi connectivity index (χ1n) is 7.42. The third kappa shape index (κ3) is 3.28. The van der Waals surface area contributed by atoms with Crippen LogP contribution in [0.4, 0.5) is 0 Å². The number of carbonyl (C=O) groups is 2. The molecule has 0 aromatic rings. The first kappa shape index (κ1) is 14.4. The van der Waals surface area contributed by atoms with E-state index in [1.165, 1.54) is 0 Å². The van der Waals surface area contributed by atoms with Gasteiger partial charge in [-0.25, -0.2) is 0 Å². The highest BCUT2D eigenvalue weighted by molar-refractivity contribution is 5.85. The lowest BCUT2D eigenvalue weighted by atomic mass is 9.85. The van der Waals surface area contributed by atoms with E-state index in [9.17, 15) is 14.7 Å². The van der Waals surface area contributed by atoms with Crippen LogP contribution < -0.4 is 0 Å². The summed E-state index contributed by atoms with van der Waals surface area (Å²) < 4.78 is 0. The zero-order chi connectivity index (χ0) is 14.0. The van der Waals surface area contributed by atoms with E-state index in [0.29, 0.717) is 11.8 Å². The summed E-state index contributed by atoms with van der Waals surface area (Å²) in [5, 5.41) is 9.20. The predicted octanol–water partition coefficient (Wildman–Crippen LogP) is 2.53. The Hall–Kier alpha value is -1.06. The average molecular weight is 267 g/mol. The van der Waals surface area contributed by atoms with Crippen LogP contribution in [0.2, 0.25) is 0 Å². The standard InChI is InChI=1S/C15H25NO3/c1-15(2)7-4-9-16(10-8-15)13(17)11-5-3-6-12(11)14(18)19/h11-12H,3-10H2,1-2H3,(H,18,19). The topological polar surface area (TPSA) is 57.6 Å². The molecule has 1 saturated heterocycles. The van der Waals surface area contributed by atoms with Gasteiger partial charge in [-0.05, 0) is 37.5 Å². The Bertz CT molecular complexity index is 364. The van der Waals surface area contributed by atoms with Crippen LogP contribution >= 0.6 is 0 Å². The molecule has 2 aliphatic rings. The maximum Gasteiger partial charge on any atom is 0.307 e. The quantitative estimate of drug-likeness (QED) is 0.836. The molecule has 1 aliphatic carbocycles. The van der Waals surface area contributed by atoms with Gasteiger partial charge in [-0.15, -0.1) is 0 Å². The fourth-order valence-electron chi connectivity index (χ4n) is 3.43. The van der Waals surface area contributed by atoms with Crippen molar-refractivity contribution in [3.8, 4) is 0 Å². The molecule has 1 N–H and O–H groups in total. The number of amides is 1. The number of nitrogens with zero attached hydrogens (tertiary/aromatic N) is 1. The van der Waals surface area contributed by atoms with Crippen molar-refractivity contribution >= 4 is 11.9 Å². The van der Waals surface area contributed by atoms with Crippen molar-refractivity contribution in [3.63, 3.8) is 0 Å². The number of carboxylic acids is 1. The van der Waals surface area contributed by atoms with Crippen molar-refractivity contribution in [1.82, 2.24) is 4.90 Å². The van der Waals surface area contributed by atoms with E-state index >= 15 is 0 Å². The van der Waals surface area contributed by atoms with Gasteiger partial charge in [0.1, 0.15) is 0 Å². The summed E-state index contributed by atoms with van der Waals surface area (Å²) in [5.41, 5.74) is 0.302. The first-order chi connectivity index (χ1) is 8.91. The molecule has 0 bridgehead atoms. The minimum Gasteiger partial charge on any atom is -0.481 e. The van der Waals surface area contributed by atoms with Crippen molar-refractivity contribution in [2.75, 3.05) is 13.1 Å². The smallest absolute Gasteiger partial charge is 0.307 e. The summed E-state index contributed by atoms with van der Waals surface area (Å²) in [7, 11) is 0. The fourth-order valence-corrected chi connectivity index (χ4v) is 3.43. The first-order valence-corrected chi connectivity index (χ1v) is 7.42. The zero-order valence-electron chi connectivity index (χ0n) is 12.0. The molecular weight excluding hydrogens is 242 g/mol. The number of hydrogen-bond acceptors (Lipinski definition) is 2. The largest absolute Gasteiger partial charge is 0.481 e. The predicted molar refractivity (Wildman–Crippen MR) is 72.7 cm³/mol. The second-order valence-corrected chi connectivity index (χ2v) is 6.83. The van der Waals surface area contributed by atoms with Crippen molar-refractivity contribution in [1.29, 1.82) is 0 Å². The fraction of sp³-hybridized carbons (Fsp3) is 0.867. The van der Waals surface area contributed by atoms with Gasteiger partial charge >= 0.3 is 5.97 Å². The van der Waals surface area contributed by atoms with Crippen molar-refractivity contribution < 1.29 is 14.7 Å². The molecule has 1 amide bonds. The summed E-state index contributed by atoms with van der Waals surface area (Å²) in [4.78, 5) is 25.7. The Labute approximate surface area is 115 Å². The molecule has 0 radical (unpaired) electrons. The Morgan fingerprint density at radius 3 is 2.42 bits per heavy atom. The van der Waals surface area contributed by atoms with Crippen LogP contribution in [-0.2, 0) is 9.59 Å². The van der Waals surface area contributed by atoms with Gasteiger partial charge in [0.2, 0.25) is 5.91 Å². The Morgan fingerprint density at radius 2 is 1.74 bits per heavy atom. The van der Waals surface area contributed by atoms with Gasteiger partial charge in [-0.3, -0.25) is 9.59 Å². The molecular formula is C15H25NO3. The van der Waals surface area contributed by atoms with Crippen molar-refractivity contribution in [3.05, 3.63) is 0 Å². The van der Waals surface area contributed by atoms with Gasteiger partial charge < -0.3 is 10.0 Å². The monoisotopic (exact) mass is 267 g/mol. The number of likely N-dealkylation sites (tertiary alicyclic amines) is 1. The van der Waals surface area contributed by atoms with Crippen LogP contribution in [0.15, 0.2) is 0 Å². The summed E-state index contributed by atoms with van der Waals surface area (Å²) in [5.74, 6) is -1.45. The van der Waals surface area contributed by atoms with Gasteiger partial charge in [0.25, 0.3) is 0 Å². The van der Waals surface area contributed by atoms with E-state index in [0.717, 1.165) is 45.2 Å². The normalized spacial score (nSPS) is 30.9. The third-order valence-corrected chi connectivity index (χ3v) is 4.80. The highest BCUT2D eigenvalue weighted by Crippen LogP contribution is 2.35. The molecule has 1 heterocycles. The van der Waals surface area contributed by atoms with Gasteiger partial charge in [0.15, 0.2) is 0 Å². The molecule has 0 aromatic heterocycles. The Kier molecular flexibility index (Phi) is 4.16. The van der Waals surface area contributed by atoms with Crippen LogP contribution in [0, 0.1) is 17.3 Å². The summed E-state index contributed by atoms with van der Waals surface area (Å²) in [6, 6.07) is 0. The molecule has 2 unspecified atom stereocenters. The molecule has 19 heavy (non-hydrogen) atoms. The molecule has 0 aromatic carbocycles. The molecule has 0 spiro atoms. The Balaban J connectivity index is 2.01. The van der Waals surface area contributed by atoms with Gasteiger partial charge in [0, 0.05) is 13.1 Å². The van der Waals surface area contributed by atoms with Crippen LogP contribution in [0.3, 0.4) is 0 Å². The summed E-state index contributed by atoms with van der Waals surface area (Å²) >= 11 is 0. The molecule has 1 saturated carbocycles. The molecule has 4 nitrogen and oxygen atoms in total. The summed E-state index contributed by atoms with van der Waals surface area (Å²) in [6.07, 6.45) is 5.46. The van der Waals surface area contributed by atoms with E-state index in [-0.39, 0.29) is 11.8 Å². The maximum absolute atomic E-state index is 12.5. The average Bonchev–Trinajstić information content (AvgIpc) is 2.74. The van der Waals surface area contributed by atoms with Crippen molar-refractivity contribution in [2.24, 2.45) is 17.3 Å².